The Morgan fingerprint density at radius 2 is 1.39 bits per heavy atom. The molecular formula is C22H24Cl2F2N2O5. The standard InChI is InChI=1S/C22H24Cl2F2N2O5/c23-17-3-1-15(9-19(17)25)32-12-21(30)27-7-5-14(6-8-29)11-28-22(31)13-33-16-2-4-18(24)20(26)10-16/h1-4,9-10,14,29H,5-8,11-13H2,(H,27,30)(H,28,31). The Bertz CT molecular complexity index is 949. The molecule has 0 aromatic heterocycles. The van der Waals surface area contributed by atoms with E-state index >= 15 is 0 Å². The number of aliphatic hydroxyl groups excluding tert-OH is 1. The molecule has 1 atom stereocenters. The second kappa shape index (κ2) is 13.8. The average molecular weight is 505 g/mol. The smallest absolute Gasteiger partial charge is 0.257 e. The number of halogens is 4. The van der Waals surface area contributed by atoms with Crippen molar-refractivity contribution in [1.29, 1.82) is 0 Å². The van der Waals surface area contributed by atoms with Gasteiger partial charge in [-0.1, -0.05) is 23.2 Å². The van der Waals surface area contributed by atoms with Crippen molar-refractivity contribution in [3.8, 4) is 11.5 Å². The first kappa shape index (κ1) is 26.6. The molecule has 0 aliphatic rings. The minimum absolute atomic E-state index is 0.0424. The second-order valence-electron chi connectivity index (χ2n) is 7.05. The molecule has 2 aromatic carbocycles. The third-order valence-corrected chi connectivity index (χ3v) is 5.14. The summed E-state index contributed by atoms with van der Waals surface area (Å²) in [7, 11) is 0. The van der Waals surface area contributed by atoms with Gasteiger partial charge < -0.3 is 25.2 Å². The third kappa shape index (κ3) is 9.81. The van der Waals surface area contributed by atoms with Crippen LogP contribution in [0.15, 0.2) is 36.4 Å². The molecule has 0 saturated heterocycles. The Morgan fingerprint density at radius 1 is 0.879 bits per heavy atom. The first-order valence-corrected chi connectivity index (χ1v) is 10.8. The maximum atomic E-state index is 13.4. The number of carbonyl (C=O) groups excluding carboxylic acids is 2. The summed E-state index contributed by atoms with van der Waals surface area (Å²) < 4.78 is 37.2. The molecule has 0 saturated carbocycles. The number of hydrogen-bond acceptors (Lipinski definition) is 5. The van der Waals surface area contributed by atoms with Gasteiger partial charge in [-0.15, -0.1) is 0 Å². The number of ether oxygens (including phenoxy) is 2. The lowest BCUT2D eigenvalue weighted by Crippen LogP contribution is -2.36. The van der Waals surface area contributed by atoms with Gasteiger partial charge in [-0.05, 0) is 43.0 Å². The first-order valence-electron chi connectivity index (χ1n) is 10.1. The van der Waals surface area contributed by atoms with Crippen LogP contribution in [-0.4, -0.2) is 49.8 Å². The van der Waals surface area contributed by atoms with E-state index in [9.17, 15) is 23.5 Å². The van der Waals surface area contributed by atoms with Crippen molar-refractivity contribution < 1.29 is 33.0 Å². The molecule has 0 spiro atoms. The molecule has 2 rings (SSSR count). The molecule has 2 amide bonds. The van der Waals surface area contributed by atoms with Crippen molar-refractivity contribution in [2.45, 2.75) is 12.8 Å². The molecule has 3 N–H and O–H groups in total. The van der Waals surface area contributed by atoms with Crippen LogP contribution in [-0.2, 0) is 9.59 Å². The molecule has 11 heteroatoms. The molecule has 0 aliphatic heterocycles. The van der Waals surface area contributed by atoms with Gasteiger partial charge in [-0.2, -0.15) is 0 Å². The van der Waals surface area contributed by atoms with Gasteiger partial charge in [-0.3, -0.25) is 9.59 Å². The zero-order chi connectivity index (χ0) is 24.2. The monoisotopic (exact) mass is 504 g/mol. The summed E-state index contributed by atoms with van der Waals surface area (Å²) in [6.07, 6.45) is 0.908. The van der Waals surface area contributed by atoms with Gasteiger partial charge in [0.15, 0.2) is 13.2 Å². The van der Waals surface area contributed by atoms with Crippen LogP contribution in [0.4, 0.5) is 8.78 Å². The summed E-state index contributed by atoms with van der Waals surface area (Å²) in [6.45, 7) is -0.149. The maximum absolute atomic E-state index is 13.4. The fraction of sp³-hybridized carbons (Fsp3) is 0.364. The highest BCUT2D eigenvalue weighted by atomic mass is 35.5. The number of hydrogen-bond donors (Lipinski definition) is 3. The van der Waals surface area contributed by atoms with Crippen molar-refractivity contribution in [3.63, 3.8) is 0 Å². The summed E-state index contributed by atoms with van der Waals surface area (Å²) >= 11 is 11.2. The molecule has 33 heavy (non-hydrogen) atoms. The molecule has 0 aliphatic carbocycles. The SMILES string of the molecule is O=C(COc1ccc(Cl)c(F)c1)NCCC(CCO)CNC(=O)COc1ccc(Cl)c(F)c1. The van der Waals surface area contributed by atoms with E-state index in [-0.39, 0.29) is 60.4 Å². The van der Waals surface area contributed by atoms with Crippen LogP contribution in [0.2, 0.25) is 10.0 Å². The van der Waals surface area contributed by atoms with Crippen LogP contribution in [0.1, 0.15) is 12.8 Å². The predicted molar refractivity (Wildman–Crippen MR) is 120 cm³/mol. The lowest BCUT2D eigenvalue weighted by atomic mass is 10.0. The highest BCUT2D eigenvalue weighted by Gasteiger charge is 2.13. The summed E-state index contributed by atoms with van der Waals surface area (Å²) in [5, 5.41) is 14.5. The molecule has 2 aromatic rings. The Labute approximate surface area is 200 Å². The zero-order valence-electron chi connectivity index (χ0n) is 17.6. The second-order valence-corrected chi connectivity index (χ2v) is 7.86. The van der Waals surface area contributed by atoms with Crippen molar-refractivity contribution in [2.24, 2.45) is 5.92 Å². The number of rotatable bonds is 13. The maximum Gasteiger partial charge on any atom is 0.257 e. The summed E-state index contributed by atoms with van der Waals surface area (Å²) in [5.41, 5.74) is 0. The highest BCUT2D eigenvalue weighted by molar-refractivity contribution is 6.31. The van der Waals surface area contributed by atoms with E-state index in [1.54, 1.807) is 0 Å². The molecule has 0 fully saturated rings. The van der Waals surface area contributed by atoms with Crippen LogP contribution in [0.25, 0.3) is 0 Å². The van der Waals surface area contributed by atoms with Crippen molar-refractivity contribution in [3.05, 3.63) is 58.1 Å². The van der Waals surface area contributed by atoms with Gasteiger partial charge in [0.05, 0.1) is 10.0 Å². The zero-order valence-corrected chi connectivity index (χ0v) is 19.1. The van der Waals surface area contributed by atoms with Crippen LogP contribution in [0.5, 0.6) is 11.5 Å². The lowest BCUT2D eigenvalue weighted by Gasteiger charge is -2.17. The van der Waals surface area contributed by atoms with Crippen molar-refractivity contribution in [2.75, 3.05) is 32.9 Å². The first-order chi connectivity index (χ1) is 15.8. The van der Waals surface area contributed by atoms with Gasteiger partial charge in [0.2, 0.25) is 0 Å². The summed E-state index contributed by atoms with van der Waals surface area (Å²) in [4.78, 5) is 23.9. The molecule has 0 bridgehead atoms. The van der Waals surface area contributed by atoms with Crippen molar-refractivity contribution >= 4 is 35.0 Å². The summed E-state index contributed by atoms with van der Waals surface area (Å²) in [5.74, 6) is -1.86. The largest absolute Gasteiger partial charge is 0.484 e. The van der Waals surface area contributed by atoms with Crippen LogP contribution < -0.4 is 20.1 Å². The third-order valence-electron chi connectivity index (χ3n) is 4.52. The molecular weight excluding hydrogens is 481 g/mol. The lowest BCUT2D eigenvalue weighted by molar-refractivity contribution is -0.124. The number of amides is 2. The number of aliphatic hydroxyl groups is 1. The Kier molecular flexibility index (Phi) is 11.2. The van der Waals surface area contributed by atoms with Gasteiger partial charge >= 0.3 is 0 Å². The molecule has 7 nitrogen and oxygen atoms in total. The fourth-order valence-electron chi connectivity index (χ4n) is 2.74. The van der Waals surface area contributed by atoms with Gasteiger partial charge in [0.25, 0.3) is 11.8 Å². The van der Waals surface area contributed by atoms with E-state index in [0.29, 0.717) is 12.8 Å². The van der Waals surface area contributed by atoms with E-state index in [1.165, 1.54) is 24.3 Å². The van der Waals surface area contributed by atoms with Crippen LogP contribution in [0, 0.1) is 17.6 Å². The number of benzene rings is 2. The normalized spacial score (nSPS) is 11.5. The van der Waals surface area contributed by atoms with E-state index < -0.39 is 23.4 Å². The van der Waals surface area contributed by atoms with E-state index in [4.69, 9.17) is 32.7 Å². The Hall–Kier alpha value is -2.62. The number of carbonyl (C=O) groups is 2. The van der Waals surface area contributed by atoms with Gasteiger partial charge in [0, 0.05) is 31.8 Å². The fourth-order valence-corrected chi connectivity index (χ4v) is 2.97. The van der Waals surface area contributed by atoms with Crippen LogP contribution >= 0.6 is 23.2 Å². The quantitative estimate of drug-likeness (QED) is 0.388. The molecule has 0 heterocycles. The number of nitrogens with one attached hydrogen (secondary N) is 2. The topological polar surface area (TPSA) is 96.9 Å². The average Bonchev–Trinajstić information content (AvgIpc) is 2.79. The molecule has 180 valence electrons. The minimum atomic E-state index is -0.648. The van der Waals surface area contributed by atoms with Crippen molar-refractivity contribution in [1.82, 2.24) is 10.6 Å². The molecule has 0 radical (unpaired) electrons. The van der Waals surface area contributed by atoms with Gasteiger partial charge in [-0.25, -0.2) is 8.78 Å². The van der Waals surface area contributed by atoms with Gasteiger partial charge in [0.1, 0.15) is 23.1 Å². The Morgan fingerprint density at radius 3 is 1.88 bits per heavy atom. The van der Waals surface area contributed by atoms with E-state index in [0.717, 1.165) is 12.1 Å². The van der Waals surface area contributed by atoms with E-state index in [1.807, 2.05) is 0 Å². The Balaban J connectivity index is 1.67. The molecule has 1 unspecified atom stereocenters. The summed E-state index contributed by atoms with van der Waals surface area (Å²) in [6, 6.07) is 7.72. The highest BCUT2D eigenvalue weighted by Crippen LogP contribution is 2.21. The van der Waals surface area contributed by atoms with E-state index in [2.05, 4.69) is 10.6 Å². The van der Waals surface area contributed by atoms with Crippen LogP contribution in [0.3, 0.4) is 0 Å². The minimum Gasteiger partial charge on any atom is -0.484 e. The predicted octanol–water partition coefficient (Wildman–Crippen LogP) is 3.35.